The van der Waals surface area contributed by atoms with Crippen molar-refractivity contribution in [3.05, 3.63) is 64.4 Å². The van der Waals surface area contributed by atoms with Crippen molar-refractivity contribution in [2.45, 2.75) is 25.9 Å². The summed E-state index contributed by atoms with van der Waals surface area (Å²) in [6.45, 7) is 3.96. The maximum Gasteiger partial charge on any atom is 0.126 e. The van der Waals surface area contributed by atoms with Gasteiger partial charge in [-0.15, -0.1) is 0 Å². The monoisotopic (exact) mass is 293 g/mol. The summed E-state index contributed by atoms with van der Waals surface area (Å²) in [5.41, 5.74) is 1.77. The second-order valence-electron chi connectivity index (χ2n) is 4.86. The molecule has 0 saturated heterocycles. The van der Waals surface area contributed by atoms with Crippen LogP contribution in [0.3, 0.4) is 0 Å². The molecule has 106 valence electrons. The molecule has 2 N–H and O–H groups in total. The second kappa shape index (κ2) is 6.25. The Kier molecular flexibility index (Phi) is 4.63. The molecule has 2 rings (SSSR count). The van der Waals surface area contributed by atoms with Gasteiger partial charge in [-0.25, -0.2) is 4.39 Å². The first-order chi connectivity index (χ1) is 9.47. The molecule has 0 heterocycles. The molecule has 2 unspecified atom stereocenters. The van der Waals surface area contributed by atoms with Gasteiger partial charge in [-0.3, -0.25) is 0 Å². The molecule has 2 atom stereocenters. The predicted octanol–water partition coefficient (Wildman–Crippen LogP) is 4.60. The van der Waals surface area contributed by atoms with Crippen molar-refractivity contribution in [3.63, 3.8) is 0 Å². The van der Waals surface area contributed by atoms with Gasteiger partial charge in [0.1, 0.15) is 11.6 Å². The number of benzene rings is 2. The van der Waals surface area contributed by atoms with Gasteiger partial charge >= 0.3 is 0 Å². The zero-order valence-corrected chi connectivity index (χ0v) is 12.2. The molecule has 0 aliphatic carbocycles. The number of aromatic hydroxyl groups is 1. The molecule has 2 aromatic rings. The van der Waals surface area contributed by atoms with E-state index in [4.69, 9.17) is 11.6 Å². The fourth-order valence-electron chi connectivity index (χ4n) is 2.20. The molecule has 2 nitrogen and oxygen atoms in total. The smallest absolute Gasteiger partial charge is 0.126 e. The zero-order chi connectivity index (χ0) is 14.7. The Morgan fingerprint density at radius 2 is 1.70 bits per heavy atom. The summed E-state index contributed by atoms with van der Waals surface area (Å²) in [7, 11) is 0. The summed E-state index contributed by atoms with van der Waals surface area (Å²) in [5.74, 6) is -0.475. The molecule has 0 amide bonds. The fourth-order valence-corrected chi connectivity index (χ4v) is 2.32. The van der Waals surface area contributed by atoms with Crippen LogP contribution in [0.2, 0.25) is 5.02 Å². The number of hydrogen-bond donors (Lipinski definition) is 2. The predicted molar refractivity (Wildman–Crippen MR) is 79.5 cm³/mol. The number of nitrogens with one attached hydrogen (secondary N) is 1. The van der Waals surface area contributed by atoms with Crippen LogP contribution in [0.15, 0.2) is 42.5 Å². The first kappa shape index (κ1) is 14.8. The van der Waals surface area contributed by atoms with E-state index in [9.17, 15) is 9.50 Å². The average Bonchev–Trinajstić information content (AvgIpc) is 2.39. The quantitative estimate of drug-likeness (QED) is 0.863. The van der Waals surface area contributed by atoms with Crippen LogP contribution in [0.5, 0.6) is 5.75 Å². The molecular weight excluding hydrogens is 277 g/mol. The third-order valence-corrected chi connectivity index (χ3v) is 3.58. The lowest BCUT2D eigenvalue weighted by Gasteiger charge is -2.21. The molecular formula is C16H17ClFNO. The number of rotatable bonds is 4. The molecule has 0 spiro atoms. The molecule has 0 aliphatic heterocycles. The van der Waals surface area contributed by atoms with Crippen molar-refractivity contribution in [1.82, 2.24) is 5.32 Å². The molecule has 0 aliphatic rings. The van der Waals surface area contributed by atoms with E-state index < -0.39 is 5.82 Å². The minimum atomic E-state index is -0.441. The summed E-state index contributed by atoms with van der Waals surface area (Å²) in [6.07, 6.45) is 0. The molecule has 0 radical (unpaired) electrons. The number of halogens is 2. The summed E-state index contributed by atoms with van der Waals surface area (Å²) in [6, 6.07) is 11.7. The summed E-state index contributed by atoms with van der Waals surface area (Å²) in [4.78, 5) is 0. The highest BCUT2D eigenvalue weighted by Crippen LogP contribution is 2.27. The van der Waals surface area contributed by atoms with E-state index in [0.717, 1.165) is 11.6 Å². The minimum Gasteiger partial charge on any atom is -0.508 e. The molecule has 0 aromatic heterocycles. The normalized spacial score (nSPS) is 14.0. The maximum atomic E-state index is 13.0. The third-order valence-electron chi connectivity index (χ3n) is 3.33. The highest BCUT2D eigenvalue weighted by Gasteiger charge is 2.14. The largest absolute Gasteiger partial charge is 0.508 e. The topological polar surface area (TPSA) is 32.3 Å². The molecule has 2 aromatic carbocycles. The van der Waals surface area contributed by atoms with Gasteiger partial charge in [-0.1, -0.05) is 29.8 Å². The van der Waals surface area contributed by atoms with Crippen molar-refractivity contribution < 1.29 is 9.50 Å². The second-order valence-corrected chi connectivity index (χ2v) is 5.30. The lowest BCUT2D eigenvalue weighted by molar-refractivity contribution is 0.434. The minimum absolute atomic E-state index is 0.0340. The summed E-state index contributed by atoms with van der Waals surface area (Å²) >= 11 is 5.86. The Bertz CT molecular complexity index is 586. The number of hydrogen-bond acceptors (Lipinski definition) is 2. The molecule has 0 saturated carbocycles. The van der Waals surface area contributed by atoms with E-state index in [2.05, 4.69) is 5.32 Å². The fraction of sp³-hybridized carbons (Fsp3) is 0.250. The van der Waals surface area contributed by atoms with Crippen LogP contribution >= 0.6 is 11.6 Å². The van der Waals surface area contributed by atoms with E-state index in [1.165, 1.54) is 6.07 Å². The van der Waals surface area contributed by atoms with E-state index in [-0.39, 0.29) is 17.8 Å². The zero-order valence-electron chi connectivity index (χ0n) is 11.4. The standard InChI is InChI=1S/C16H17ClFNO/c1-10(12-3-5-13(17)6-4-12)19-11(2)15-8-7-14(18)9-16(15)20/h3-11,19-20H,1-2H3. The van der Waals surface area contributed by atoms with Gasteiger partial charge in [0.15, 0.2) is 0 Å². The first-order valence-electron chi connectivity index (χ1n) is 6.47. The lowest BCUT2D eigenvalue weighted by Crippen LogP contribution is -2.22. The highest BCUT2D eigenvalue weighted by atomic mass is 35.5. The third kappa shape index (κ3) is 3.50. The van der Waals surface area contributed by atoms with Crippen LogP contribution in [0, 0.1) is 5.82 Å². The van der Waals surface area contributed by atoms with Crippen LogP contribution < -0.4 is 5.32 Å². The van der Waals surface area contributed by atoms with Gasteiger partial charge in [0.05, 0.1) is 0 Å². The number of phenolic OH excluding ortho intramolecular Hbond substituents is 1. The van der Waals surface area contributed by atoms with Crippen LogP contribution in [0.25, 0.3) is 0 Å². The van der Waals surface area contributed by atoms with E-state index in [0.29, 0.717) is 10.6 Å². The van der Waals surface area contributed by atoms with Crippen LogP contribution in [0.1, 0.15) is 37.1 Å². The number of phenols is 1. The summed E-state index contributed by atoms with van der Waals surface area (Å²) in [5, 5.41) is 13.9. The van der Waals surface area contributed by atoms with Crippen molar-refractivity contribution in [3.8, 4) is 5.75 Å². The van der Waals surface area contributed by atoms with E-state index in [1.54, 1.807) is 6.07 Å². The van der Waals surface area contributed by atoms with Crippen molar-refractivity contribution in [1.29, 1.82) is 0 Å². The van der Waals surface area contributed by atoms with Crippen molar-refractivity contribution >= 4 is 11.6 Å². The maximum absolute atomic E-state index is 13.0. The highest BCUT2D eigenvalue weighted by molar-refractivity contribution is 6.30. The Morgan fingerprint density at radius 3 is 2.30 bits per heavy atom. The van der Waals surface area contributed by atoms with Crippen LogP contribution in [-0.4, -0.2) is 5.11 Å². The van der Waals surface area contributed by atoms with Crippen LogP contribution in [0.4, 0.5) is 4.39 Å². The van der Waals surface area contributed by atoms with Gasteiger partial charge in [-0.2, -0.15) is 0 Å². The molecule has 20 heavy (non-hydrogen) atoms. The van der Waals surface area contributed by atoms with Gasteiger partial charge in [-0.05, 0) is 37.6 Å². The molecule has 0 bridgehead atoms. The van der Waals surface area contributed by atoms with Gasteiger partial charge in [0.25, 0.3) is 0 Å². The SMILES string of the molecule is CC(NC(C)c1ccc(F)cc1O)c1ccc(Cl)cc1. The Balaban J connectivity index is 2.10. The van der Waals surface area contributed by atoms with Gasteiger partial charge < -0.3 is 10.4 Å². The summed E-state index contributed by atoms with van der Waals surface area (Å²) < 4.78 is 13.0. The molecule has 0 fully saturated rings. The Morgan fingerprint density at radius 1 is 1.05 bits per heavy atom. The van der Waals surface area contributed by atoms with E-state index >= 15 is 0 Å². The van der Waals surface area contributed by atoms with Gasteiger partial charge in [0.2, 0.25) is 0 Å². The average molecular weight is 294 g/mol. The van der Waals surface area contributed by atoms with Crippen molar-refractivity contribution in [2.75, 3.05) is 0 Å². The first-order valence-corrected chi connectivity index (χ1v) is 6.85. The van der Waals surface area contributed by atoms with Gasteiger partial charge in [0, 0.05) is 28.7 Å². The Labute approximate surface area is 123 Å². The molecule has 4 heteroatoms. The van der Waals surface area contributed by atoms with Crippen LogP contribution in [-0.2, 0) is 0 Å². The van der Waals surface area contributed by atoms with E-state index in [1.807, 2.05) is 38.1 Å². The van der Waals surface area contributed by atoms with Crippen molar-refractivity contribution in [2.24, 2.45) is 0 Å². The lowest BCUT2D eigenvalue weighted by atomic mass is 10.0. The Hall–Kier alpha value is -1.58.